The summed E-state index contributed by atoms with van der Waals surface area (Å²) in [6, 6.07) is 16.3. The van der Waals surface area contributed by atoms with E-state index in [4.69, 9.17) is 32.9 Å². The van der Waals surface area contributed by atoms with Crippen LogP contribution in [-0.2, 0) is 17.9 Å². The smallest absolute Gasteiger partial charge is 0.220 e. The second-order valence-electron chi connectivity index (χ2n) is 11.2. The Hall–Kier alpha value is -3.80. The third kappa shape index (κ3) is 6.90. The number of nitrogens with one attached hydrogen (secondary N) is 3. The fraction of sp³-hybridized carbons (Fsp3) is 0.303. The van der Waals surface area contributed by atoms with E-state index >= 15 is 4.39 Å². The lowest BCUT2D eigenvalue weighted by Gasteiger charge is -2.35. The molecule has 234 valence electrons. The molecule has 2 aliphatic heterocycles. The second kappa shape index (κ2) is 13.7. The number of carbonyl (C=O) groups excluding carboxylic acids is 1. The van der Waals surface area contributed by atoms with Crippen molar-refractivity contribution >= 4 is 40.5 Å². The van der Waals surface area contributed by atoms with Gasteiger partial charge in [-0.05, 0) is 30.7 Å². The number of aliphatic hydroxyl groups excluding tert-OH is 1. The third-order valence-electron chi connectivity index (χ3n) is 8.02. The predicted molar refractivity (Wildman–Crippen MR) is 173 cm³/mol. The maximum Gasteiger partial charge on any atom is 0.220 e. The first-order chi connectivity index (χ1) is 21.8. The highest BCUT2D eigenvalue weighted by Gasteiger charge is 2.26. The Morgan fingerprint density at radius 2 is 1.84 bits per heavy atom. The number of hydrogen-bond acceptors (Lipinski definition) is 8. The number of aliphatic hydroxyl groups is 1. The summed E-state index contributed by atoms with van der Waals surface area (Å²) in [5.41, 5.74) is 4.48. The topological polar surface area (TPSA) is 112 Å². The van der Waals surface area contributed by atoms with Crippen molar-refractivity contribution in [3.63, 3.8) is 0 Å². The number of likely N-dealkylation sites (tertiary alicyclic amines) is 1. The molecular formula is C33H33Cl2FN6O3. The largest absolute Gasteiger partial charge is 0.481 e. The number of methoxy groups -OCH3 is 1. The Kier molecular flexibility index (Phi) is 9.48. The van der Waals surface area contributed by atoms with Crippen LogP contribution >= 0.6 is 23.2 Å². The summed E-state index contributed by atoms with van der Waals surface area (Å²) in [6.45, 7) is 2.66. The van der Waals surface area contributed by atoms with Gasteiger partial charge in [0.1, 0.15) is 0 Å². The number of hydrogen-bond donors (Lipinski definition) is 4. The quantitative estimate of drug-likeness (QED) is 0.167. The number of nitrogens with zero attached hydrogens (tertiary/aromatic N) is 3. The molecule has 12 heteroatoms. The fourth-order valence-electron chi connectivity index (χ4n) is 5.64. The van der Waals surface area contributed by atoms with Crippen LogP contribution < -0.4 is 20.7 Å². The molecule has 9 nitrogen and oxygen atoms in total. The average molecular weight is 652 g/mol. The second-order valence-corrected chi connectivity index (χ2v) is 12.0. The first-order valence-corrected chi connectivity index (χ1v) is 15.5. The molecule has 0 spiro atoms. The first kappa shape index (κ1) is 31.2. The zero-order valence-electron chi connectivity index (χ0n) is 24.6. The Morgan fingerprint density at radius 1 is 1.04 bits per heavy atom. The Morgan fingerprint density at radius 3 is 2.60 bits per heavy atom. The first-order valence-electron chi connectivity index (χ1n) is 14.7. The van der Waals surface area contributed by atoms with Crippen molar-refractivity contribution in [2.24, 2.45) is 0 Å². The number of β-amino-alcohol motifs (C(OH)–C–C–N with tert-alkyl or cyclic N) is 1. The van der Waals surface area contributed by atoms with Crippen LogP contribution in [0.3, 0.4) is 0 Å². The molecule has 2 fully saturated rings. The average Bonchev–Trinajstić information content (AvgIpc) is 3.44. The van der Waals surface area contributed by atoms with Gasteiger partial charge in [-0.15, -0.1) is 0 Å². The molecule has 2 aliphatic rings. The van der Waals surface area contributed by atoms with E-state index in [1.54, 1.807) is 49.7 Å². The van der Waals surface area contributed by atoms with Gasteiger partial charge < -0.3 is 25.8 Å². The van der Waals surface area contributed by atoms with E-state index in [0.717, 1.165) is 12.0 Å². The van der Waals surface area contributed by atoms with Crippen molar-refractivity contribution in [1.82, 2.24) is 25.5 Å². The van der Waals surface area contributed by atoms with Crippen LogP contribution in [0.25, 0.3) is 22.5 Å². The number of ether oxygens (including phenoxy) is 1. The zero-order valence-corrected chi connectivity index (χ0v) is 26.1. The molecule has 4 aromatic rings. The molecule has 45 heavy (non-hydrogen) atoms. The van der Waals surface area contributed by atoms with Crippen LogP contribution in [0.1, 0.15) is 24.0 Å². The molecule has 6 rings (SSSR count). The molecule has 0 aliphatic carbocycles. The Balaban J connectivity index is 1.21. The van der Waals surface area contributed by atoms with Crippen LogP contribution in [0.4, 0.5) is 15.8 Å². The highest BCUT2D eigenvalue weighted by Crippen LogP contribution is 2.41. The van der Waals surface area contributed by atoms with Gasteiger partial charge >= 0.3 is 0 Å². The summed E-state index contributed by atoms with van der Waals surface area (Å²) in [5.74, 6) is 0.175. The van der Waals surface area contributed by atoms with E-state index in [0.29, 0.717) is 94.5 Å². The molecule has 0 bridgehead atoms. The number of carbonyl (C=O) groups is 1. The monoisotopic (exact) mass is 650 g/mol. The number of amides is 1. The normalized spacial score (nSPS) is 16.8. The summed E-state index contributed by atoms with van der Waals surface area (Å²) in [5, 5.41) is 19.7. The van der Waals surface area contributed by atoms with E-state index < -0.39 is 0 Å². The number of anilines is 2. The van der Waals surface area contributed by atoms with Crippen LogP contribution in [0, 0.1) is 5.82 Å². The van der Waals surface area contributed by atoms with Gasteiger partial charge in [-0.2, -0.15) is 0 Å². The van der Waals surface area contributed by atoms with Crippen LogP contribution in [0.15, 0.2) is 60.8 Å². The molecule has 1 atom stereocenters. The molecular weight excluding hydrogens is 618 g/mol. The number of aromatic nitrogens is 2. The van der Waals surface area contributed by atoms with Crippen molar-refractivity contribution < 1.29 is 19.0 Å². The van der Waals surface area contributed by atoms with Gasteiger partial charge in [0, 0.05) is 73.6 Å². The minimum absolute atomic E-state index is 0.0859. The van der Waals surface area contributed by atoms with Gasteiger partial charge in [-0.3, -0.25) is 14.7 Å². The van der Waals surface area contributed by atoms with E-state index in [1.807, 2.05) is 23.1 Å². The molecule has 4 heterocycles. The summed E-state index contributed by atoms with van der Waals surface area (Å²) >= 11 is 13.8. The van der Waals surface area contributed by atoms with Crippen LogP contribution in [-0.4, -0.2) is 64.8 Å². The number of rotatable bonds is 11. The van der Waals surface area contributed by atoms with Gasteiger partial charge in [-0.25, -0.2) is 9.37 Å². The minimum atomic E-state index is -0.373. The summed E-state index contributed by atoms with van der Waals surface area (Å²) in [6.07, 6.45) is 2.67. The molecule has 2 aromatic carbocycles. The van der Waals surface area contributed by atoms with E-state index in [9.17, 15) is 9.90 Å². The molecule has 0 unspecified atom stereocenters. The van der Waals surface area contributed by atoms with Crippen molar-refractivity contribution in [3.05, 3.63) is 87.8 Å². The highest BCUT2D eigenvalue weighted by atomic mass is 35.5. The third-order valence-corrected chi connectivity index (χ3v) is 8.81. The van der Waals surface area contributed by atoms with Crippen LogP contribution in [0.2, 0.25) is 10.0 Å². The van der Waals surface area contributed by atoms with Crippen molar-refractivity contribution in [2.75, 3.05) is 32.1 Å². The SMILES string of the molecule is COc1nc(-c2ccnc(-c3cccc(Nc4cccc(CN5CC(O)C5)c4F)c3Cl)c2Cl)ccc1CNC[C@@H]1CCC(=O)N1. The highest BCUT2D eigenvalue weighted by molar-refractivity contribution is 6.39. The number of halogens is 3. The molecule has 4 N–H and O–H groups in total. The van der Waals surface area contributed by atoms with Crippen molar-refractivity contribution in [1.29, 1.82) is 0 Å². The van der Waals surface area contributed by atoms with Crippen molar-refractivity contribution in [3.8, 4) is 28.4 Å². The Bertz CT molecular complexity index is 1720. The van der Waals surface area contributed by atoms with Crippen molar-refractivity contribution in [2.45, 2.75) is 38.1 Å². The lowest BCUT2D eigenvalue weighted by atomic mass is 10.0. The number of benzene rings is 2. The van der Waals surface area contributed by atoms with Gasteiger partial charge in [0.25, 0.3) is 0 Å². The van der Waals surface area contributed by atoms with E-state index in [1.165, 1.54) is 0 Å². The molecule has 2 aromatic heterocycles. The summed E-state index contributed by atoms with van der Waals surface area (Å²) in [7, 11) is 1.57. The van der Waals surface area contributed by atoms with Gasteiger partial charge in [0.2, 0.25) is 11.8 Å². The molecule has 0 saturated carbocycles. The molecule has 0 radical (unpaired) electrons. The maximum atomic E-state index is 15.4. The zero-order chi connectivity index (χ0) is 31.5. The lowest BCUT2D eigenvalue weighted by molar-refractivity contribution is -0.119. The van der Waals surface area contributed by atoms with Gasteiger partial charge in [-0.1, -0.05) is 53.5 Å². The molecule has 2 saturated heterocycles. The Labute approximate surface area is 270 Å². The van der Waals surface area contributed by atoms with E-state index in [-0.39, 0.29) is 23.9 Å². The van der Waals surface area contributed by atoms with Crippen LogP contribution in [0.5, 0.6) is 5.88 Å². The predicted octanol–water partition coefficient (Wildman–Crippen LogP) is 5.55. The maximum absolute atomic E-state index is 15.4. The standard InChI is InChI=1S/C33H33Cl2FN6O3/c1-45-33-19(14-37-15-21-9-11-28(44)39-21)8-10-25(41-33)23-12-13-38-32(30(23)35)24-5-3-6-26(29(24)34)40-27-7-2-4-20(31(27)36)16-42-17-22(43)18-42/h2-8,10,12-13,21-22,37,40,43H,9,11,14-18H2,1H3,(H,39,44)/t21-/m0/s1. The lowest BCUT2D eigenvalue weighted by Crippen LogP contribution is -2.49. The van der Waals surface area contributed by atoms with Gasteiger partial charge in [0.05, 0.1) is 46.0 Å². The fourth-order valence-corrected chi connectivity index (χ4v) is 6.21. The minimum Gasteiger partial charge on any atom is -0.481 e. The van der Waals surface area contributed by atoms with E-state index in [2.05, 4.69) is 20.9 Å². The molecule has 1 amide bonds. The number of pyridine rings is 2. The summed E-state index contributed by atoms with van der Waals surface area (Å²) in [4.78, 5) is 22.7. The summed E-state index contributed by atoms with van der Waals surface area (Å²) < 4.78 is 21.0. The van der Waals surface area contributed by atoms with Gasteiger partial charge in [0.15, 0.2) is 5.82 Å².